The first-order valence-electron chi connectivity index (χ1n) is 6.47. The first-order valence-corrected chi connectivity index (χ1v) is 6.47. The minimum absolute atomic E-state index is 0.00384. The second kappa shape index (κ2) is 5.67. The number of carbonyl (C=O) groups is 1. The van der Waals surface area contributed by atoms with Crippen molar-refractivity contribution in [3.63, 3.8) is 0 Å². The molecule has 0 saturated carbocycles. The molecule has 0 aromatic carbocycles. The molecule has 3 nitrogen and oxygen atoms in total. The van der Waals surface area contributed by atoms with Crippen LogP contribution in [0.5, 0.6) is 0 Å². The van der Waals surface area contributed by atoms with Gasteiger partial charge in [-0.2, -0.15) is 0 Å². The normalized spacial score (nSPS) is 28.2. The van der Waals surface area contributed by atoms with Gasteiger partial charge >= 0.3 is 0 Å². The third-order valence-electron chi connectivity index (χ3n) is 3.80. The molecule has 0 aliphatic carbocycles. The Labute approximate surface area is 99.4 Å². The lowest BCUT2D eigenvalue weighted by Gasteiger charge is -2.39. The molecule has 94 valence electrons. The van der Waals surface area contributed by atoms with Gasteiger partial charge in [-0.1, -0.05) is 20.8 Å². The predicted molar refractivity (Wildman–Crippen MR) is 67.0 cm³/mol. The Bertz CT molecular complexity index is 240. The summed E-state index contributed by atoms with van der Waals surface area (Å²) in [5.74, 6) is 1.34. The molecule has 1 aliphatic heterocycles. The van der Waals surface area contributed by atoms with Crippen molar-refractivity contribution in [2.75, 3.05) is 13.1 Å². The van der Waals surface area contributed by atoms with Crippen LogP contribution in [-0.4, -0.2) is 29.9 Å². The van der Waals surface area contributed by atoms with Crippen molar-refractivity contribution >= 4 is 5.91 Å². The van der Waals surface area contributed by atoms with E-state index in [1.54, 1.807) is 0 Å². The van der Waals surface area contributed by atoms with Gasteiger partial charge in [0.1, 0.15) is 0 Å². The molecule has 3 unspecified atom stereocenters. The van der Waals surface area contributed by atoms with E-state index in [1.165, 1.54) is 0 Å². The van der Waals surface area contributed by atoms with Crippen LogP contribution < -0.4 is 5.73 Å². The zero-order valence-electron chi connectivity index (χ0n) is 11.1. The molecule has 1 saturated heterocycles. The van der Waals surface area contributed by atoms with Crippen LogP contribution in [0, 0.1) is 17.8 Å². The van der Waals surface area contributed by atoms with E-state index in [-0.39, 0.29) is 11.8 Å². The predicted octanol–water partition coefficient (Wildman–Crippen LogP) is 1.86. The second-order valence-electron chi connectivity index (χ2n) is 5.60. The third-order valence-corrected chi connectivity index (χ3v) is 3.80. The number of nitrogens with two attached hydrogens (primary N) is 1. The van der Waals surface area contributed by atoms with Crippen molar-refractivity contribution in [3.05, 3.63) is 0 Å². The Morgan fingerprint density at radius 2 is 2.06 bits per heavy atom. The van der Waals surface area contributed by atoms with Gasteiger partial charge in [0.15, 0.2) is 0 Å². The van der Waals surface area contributed by atoms with Crippen LogP contribution in [0.15, 0.2) is 0 Å². The van der Waals surface area contributed by atoms with Crippen LogP contribution in [0.1, 0.15) is 40.5 Å². The molecule has 3 heteroatoms. The smallest absolute Gasteiger partial charge is 0.227 e. The maximum absolute atomic E-state index is 12.3. The van der Waals surface area contributed by atoms with E-state index >= 15 is 0 Å². The number of nitrogens with zero attached hydrogens (tertiary/aromatic N) is 1. The van der Waals surface area contributed by atoms with Gasteiger partial charge in [0.25, 0.3) is 0 Å². The van der Waals surface area contributed by atoms with Crippen LogP contribution in [0.2, 0.25) is 0 Å². The number of hydrogen-bond acceptors (Lipinski definition) is 2. The lowest BCUT2D eigenvalue weighted by Crippen LogP contribution is -2.49. The number of amides is 1. The van der Waals surface area contributed by atoms with E-state index < -0.39 is 0 Å². The number of hydrogen-bond donors (Lipinski definition) is 1. The van der Waals surface area contributed by atoms with Gasteiger partial charge in [-0.05, 0) is 31.6 Å². The summed E-state index contributed by atoms with van der Waals surface area (Å²) in [5.41, 5.74) is 5.71. The molecule has 2 N–H and O–H groups in total. The summed E-state index contributed by atoms with van der Waals surface area (Å²) in [4.78, 5) is 14.4. The lowest BCUT2D eigenvalue weighted by molar-refractivity contribution is -0.140. The van der Waals surface area contributed by atoms with Crippen LogP contribution in [0.4, 0.5) is 0 Å². The Morgan fingerprint density at radius 1 is 1.44 bits per heavy atom. The SMILES string of the molecule is CC1CCN(C(=O)C(CN)C(C)C)C(C)C1. The molecule has 0 aromatic heterocycles. The highest BCUT2D eigenvalue weighted by Gasteiger charge is 2.31. The fourth-order valence-electron chi connectivity index (χ4n) is 2.61. The Hall–Kier alpha value is -0.570. The summed E-state index contributed by atoms with van der Waals surface area (Å²) >= 11 is 0. The molecule has 0 aromatic rings. The highest BCUT2D eigenvalue weighted by molar-refractivity contribution is 5.79. The van der Waals surface area contributed by atoms with Crippen molar-refractivity contribution in [1.82, 2.24) is 4.90 Å². The fourth-order valence-corrected chi connectivity index (χ4v) is 2.61. The van der Waals surface area contributed by atoms with Crippen LogP contribution in [0.3, 0.4) is 0 Å². The fraction of sp³-hybridized carbons (Fsp3) is 0.923. The van der Waals surface area contributed by atoms with Gasteiger partial charge in [-0.25, -0.2) is 0 Å². The molecule has 16 heavy (non-hydrogen) atoms. The second-order valence-corrected chi connectivity index (χ2v) is 5.60. The van der Waals surface area contributed by atoms with E-state index in [9.17, 15) is 4.79 Å². The van der Waals surface area contributed by atoms with E-state index in [4.69, 9.17) is 5.73 Å². The van der Waals surface area contributed by atoms with Crippen LogP contribution in [-0.2, 0) is 4.79 Å². The molecule has 3 atom stereocenters. The average molecular weight is 226 g/mol. The minimum Gasteiger partial charge on any atom is -0.340 e. The summed E-state index contributed by atoms with van der Waals surface area (Å²) in [6.45, 7) is 9.95. The molecular formula is C13H26N2O. The summed E-state index contributed by atoms with van der Waals surface area (Å²) in [6.07, 6.45) is 2.26. The van der Waals surface area contributed by atoms with E-state index in [2.05, 4.69) is 27.7 Å². The number of likely N-dealkylation sites (tertiary alicyclic amines) is 1. The maximum atomic E-state index is 12.3. The molecule has 0 spiro atoms. The molecule has 1 aliphatic rings. The largest absolute Gasteiger partial charge is 0.340 e. The zero-order valence-corrected chi connectivity index (χ0v) is 11.1. The van der Waals surface area contributed by atoms with Crippen LogP contribution in [0.25, 0.3) is 0 Å². The topological polar surface area (TPSA) is 46.3 Å². The highest BCUT2D eigenvalue weighted by atomic mass is 16.2. The summed E-state index contributed by atoms with van der Waals surface area (Å²) in [6, 6.07) is 0.379. The molecule has 1 amide bonds. The third kappa shape index (κ3) is 2.97. The Balaban J connectivity index is 2.65. The van der Waals surface area contributed by atoms with Gasteiger partial charge in [0.2, 0.25) is 5.91 Å². The summed E-state index contributed by atoms with van der Waals surface area (Å²) in [7, 11) is 0. The van der Waals surface area contributed by atoms with E-state index in [0.29, 0.717) is 18.5 Å². The van der Waals surface area contributed by atoms with Crippen LogP contribution >= 0.6 is 0 Å². The van der Waals surface area contributed by atoms with Crippen molar-refractivity contribution in [1.29, 1.82) is 0 Å². The van der Waals surface area contributed by atoms with Gasteiger partial charge in [-0.3, -0.25) is 4.79 Å². The number of carbonyl (C=O) groups excluding carboxylic acids is 1. The summed E-state index contributed by atoms with van der Waals surface area (Å²) < 4.78 is 0. The van der Waals surface area contributed by atoms with Crippen molar-refractivity contribution in [2.45, 2.75) is 46.6 Å². The minimum atomic E-state index is -0.00384. The average Bonchev–Trinajstić information content (AvgIpc) is 2.17. The van der Waals surface area contributed by atoms with Crippen molar-refractivity contribution in [2.24, 2.45) is 23.5 Å². The van der Waals surface area contributed by atoms with E-state index in [1.807, 2.05) is 4.90 Å². The molecule has 1 rings (SSSR count). The lowest BCUT2D eigenvalue weighted by atomic mass is 9.89. The standard InChI is InChI=1S/C13H26N2O/c1-9(2)12(8-14)13(16)15-6-5-10(3)7-11(15)4/h9-12H,5-8,14H2,1-4H3. The highest BCUT2D eigenvalue weighted by Crippen LogP contribution is 2.25. The molecule has 1 heterocycles. The van der Waals surface area contributed by atoms with Gasteiger partial charge < -0.3 is 10.6 Å². The molecule has 1 fully saturated rings. The number of piperidine rings is 1. The number of rotatable bonds is 3. The van der Waals surface area contributed by atoms with Gasteiger partial charge in [0, 0.05) is 19.1 Å². The quantitative estimate of drug-likeness (QED) is 0.798. The first-order chi connectivity index (χ1) is 7.47. The maximum Gasteiger partial charge on any atom is 0.227 e. The molecular weight excluding hydrogens is 200 g/mol. The summed E-state index contributed by atoms with van der Waals surface area (Å²) in [5, 5.41) is 0. The van der Waals surface area contributed by atoms with Crippen molar-refractivity contribution in [3.8, 4) is 0 Å². The Kier molecular flexibility index (Phi) is 4.78. The van der Waals surface area contributed by atoms with Crippen molar-refractivity contribution < 1.29 is 4.79 Å². The molecule has 0 radical (unpaired) electrons. The van der Waals surface area contributed by atoms with E-state index in [0.717, 1.165) is 25.3 Å². The Morgan fingerprint density at radius 3 is 2.50 bits per heavy atom. The monoisotopic (exact) mass is 226 g/mol. The molecule has 0 bridgehead atoms. The first kappa shape index (κ1) is 13.5. The van der Waals surface area contributed by atoms with Gasteiger partial charge in [-0.15, -0.1) is 0 Å². The van der Waals surface area contributed by atoms with Gasteiger partial charge in [0.05, 0.1) is 5.92 Å². The zero-order chi connectivity index (χ0) is 12.3.